The van der Waals surface area contributed by atoms with Crippen LogP contribution in [0.25, 0.3) is 11.3 Å². The SMILES string of the molecule is NS(=O)(=O)c1ccc(-c2ncoc2C(F)(F)F)cc1. The lowest BCUT2D eigenvalue weighted by Crippen LogP contribution is -2.11. The van der Waals surface area contributed by atoms with E-state index >= 15 is 0 Å². The monoisotopic (exact) mass is 292 g/mol. The molecular formula is C10H7F3N2O3S. The molecule has 0 saturated heterocycles. The smallest absolute Gasteiger partial charge is 0.438 e. The van der Waals surface area contributed by atoms with Gasteiger partial charge in [0.25, 0.3) is 0 Å². The van der Waals surface area contributed by atoms with Crippen molar-refractivity contribution >= 4 is 10.0 Å². The summed E-state index contributed by atoms with van der Waals surface area (Å²) in [5, 5.41) is 4.88. The second-order valence-electron chi connectivity index (χ2n) is 3.60. The molecule has 19 heavy (non-hydrogen) atoms. The van der Waals surface area contributed by atoms with Gasteiger partial charge in [-0.1, -0.05) is 12.1 Å². The third kappa shape index (κ3) is 2.76. The van der Waals surface area contributed by atoms with Gasteiger partial charge in [-0.15, -0.1) is 0 Å². The zero-order valence-electron chi connectivity index (χ0n) is 9.18. The summed E-state index contributed by atoms with van der Waals surface area (Å²) < 4.78 is 64.1. The Hall–Kier alpha value is -1.87. The van der Waals surface area contributed by atoms with Crippen molar-refractivity contribution in [2.24, 2.45) is 5.14 Å². The summed E-state index contributed by atoms with van der Waals surface area (Å²) in [5.41, 5.74) is -0.332. The lowest BCUT2D eigenvalue weighted by Gasteiger charge is -2.05. The number of hydrogen-bond donors (Lipinski definition) is 1. The molecule has 9 heteroatoms. The molecule has 102 valence electrons. The van der Waals surface area contributed by atoms with Gasteiger partial charge in [0.05, 0.1) is 4.90 Å². The van der Waals surface area contributed by atoms with Gasteiger partial charge in [0.15, 0.2) is 6.39 Å². The molecule has 2 rings (SSSR count). The molecule has 0 amide bonds. The molecular weight excluding hydrogens is 285 g/mol. The summed E-state index contributed by atoms with van der Waals surface area (Å²) >= 11 is 0. The number of hydrogen-bond acceptors (Lipinski definition) is 4. The van der Waals surface area contributed by atoms with Crippen LogP contribution in [-0.2, 0) is 16.2 Å². The highest BCUT2D eigenvalue weighted by atomic mass is 32.2. The van der Waals surface area contributed by atoms with Crippen LogP contribution in [0.2, 0.25) is 0 Å². The number of benzene rings is 1. The number of nitrogens with zero attached hydrogens (tertiary/aromatic N) is 1. The third-order valence-corrected chi connectivity index (χ3v) is 3.21. The third-order valence-electron chi connectivity index (χ3n) is 2.28. The fourth-order valence-electron chi connectivity index (χ4n) is 1.46. The van der Waals surface area contributed by atoms with E-state index in [-0.39, 0.29) is 10.5 Å². The molecule has 1 heterocycles. The number of primary sulfonamides is 1. The Morgan fingerprint density at radius 2 is 1.74 bits per heavy atom. The number of nitrogens with two attached hydrogens (primary N) is 1. The summed E-state index contributed by atoms with van der Waals surface area (Å²) in [6.07, 6.45) is -4.00. The Labute approximate surface area is 105 Å². The second-order valence-corrected chi connectivity index (χ2v) is 5.16. The first-order valence-corrected chi connectivity index (χ1v) is 6.38. The van der Waals surface area contributed by atoms with Gasteiger partial charge in [0.2, 0.25) is 15.8 Å². The van der Waals surface area contributed by atoms with E-state index in [1.165, 1.54) is 12.1 Å². The van der Waals surface area contributed by atoms with Crippen molar-refractivity contribution in [2.75, 3.05) is 0 Å². The van der Waals surface area contributed by atoms with E-state index in [9.17, 15) is 21.6 Å². The van der Waals surface area contributed by atoms with Crippen molar-refractivity contribution in [2.45, 2.75) is 11.1 Å². The van der Waals surface area contributed by atoms with E-state index in [1.807, 2.05) is 0 Å². The maximum Gasteiger partial charge on any atom is 0.451 e. The molecule has 0 saturated carbocycles. The number of oxazole rings is 1. The highest BCUT2D eigenvalue weighted by Crippen LogP contribution is 2.36. The van der Waals surface area contributed by atoms with Crippen molar-refractivity contribution in [3.05, 3.63) is 36.4 Å². The zero-order chi connectivity index (χ0) is 14.3. The summed E-state index contributed by atoms with van der Waals surface area (Å²) in [6.45, 7) is 0. The molecule has 5 nitrogen and oxygen atoms in total. The van der Waals surface area contributed by atoms with Gasteiger partial charge in [-0.25, -0.2) is 18.5 Å². The highest BCUT2D eigenvalue weighted by Gasteiger charge is 2.38. The Morgan fingerprint density at radius 1 is 1.16 bits per heavy atom. The standard InChI is InChI=1S/C10H7F3N2O3S/c11-10(12,13)9-8(15-5-18-9)6-1-3-7(4-2-6)19(14,16)17/h1-5H,(H2,14,16,17). The van der Waals surface area contributed by atoms with Gasteiger partial charge in [0.1, 0.15) is 5.69 Å². The summed E-state index contributed by atoms with van der Waals surface area (Å²) in [5.74, 6) is -1.24. The molecule has 1 aromatic carbocycles. The van der Waals surface area contributed by atoms with Crippen molar-refractivity contribution in [3.63, 3.8) is 0 Å². The lowest BCUT2D eigenvalue weighted by atomic mass is 10.1. The Kier molecular flexibility index (Phi) is 3.11. The van der Waals surface area contributed by atoms with Gasteiger partial charge >= 0.3 is 6.18 Å². The predicted molar refractivity (Wildman–Crippen MR) is 58.3 cm³/mol. The highest BCUT2D eigenvalue weighted by molar-refractivity contribution is 7.89. The van der Waals surface area contributed by atoms with Crippen LogP contribution in [0.1, 0.15) is 5.76 Å². The average molecular weight is 292 g/mol. The van der Waals surface area contributed by atoms with Gasteiger partial charge in [-0.05, 0) is 12.1 Å². The van der Waals surface area contributed by atoms with Crippen LogP contribution in [0, 0.1) is 0 Å². The second kappa shape index (κ2) is 4.35. The van der Waals surface area contributed by atoms with Gasteiger partial charge in [-0.3, -0.25) is 0 Å². The van der Waals surface area contributed by atoms with Crippen LogP contribution in [0.3, 0.4) is 0 Å². The normalized spacial score (nSPS) is 12.6. The van der Waals surface area contributed by atoms with Crippen LogP contribution in [0.15, 0.2) is 40.0 Å². The number of halogens is 3. The molecule has 0 bridgehead atoms. The fraction of sp³-hybridized carbons (Fsp3) is 0.100. The van der Waals surface area contributed by atoms with Crippen molar-refractivity contribution in [3.8, 4) is 11.3 Å². The first-order chi connectivity index (χ1) is 8.69. The largest absolute Gasteiger partial charge is 0.451 e. The number of aromatic nitrogens is 1. The van der Waals surface area contributed by atoms with Crippen molar-refractivity contribution in [1.82, 2.24) is 4.98 Å². The summed E-state index contributed by atoms with van der Waals surface area (Å²) in [4.78, 5) is 3.28. The average Bonchev–Trinajstić information content (AvgIpc) is 2.76. The number of rotatable bonds is 2. The molecule has 0 aliphatic rings. The molecule has 0 aliphatic carbocycles. The van der Waals surface area contributed by atoms with E-state index in [0.29, 0.717) is 6.39 Å². The van der Waals surface area contributed by atoms with Crippen LogP contribution >= 0.6 is 0 Å². The Balaban J connectivity index is 2.47. The van der Waals surface area contributed by atoms with Crippen molar-refractivity contribution < 1.29 is 26.0 Å². The Bertz CT molecular complexity index is 690. The number of sulfonamides is 1. The fourth-order valence-corrected chi connectivity index (χ4v) is 1.97. The molecule has 2 aromatic rings. The van der Waals surface area contributed by atoms with Crippen LogP contribution in [0.5, 0.6) is 0 Å². The molecule has 0 unspecified atom stereocenters. The molecule has 0 atom stereocenters. The predicted octanol–water partition coefficient (Wildman–Crippen LogP) is 2.01. The minimum absolute atomic E-state index is 0.0773. The summed E-state index contributed by atoms with van der Waals surface area (Å²) in [6, 6.07) is 4.54. The Morgan fingerprint density at radius 3 is 2.21 bits per heavy atom. The minimum Gasteiger partial charge on any atom is -0.438 e. The first-order valence-electron chi connectivity index (χ1n) is 4.83. The van der Waals surface area contributed by atoms with E-state index in [1.54, 1.807) is 0 Å². The van der Waals surface area contributed by atoms with Gasteiger partial charge in [0, 0.05) is 5.56 Å². The molecule has 0 radical (unpaired) electrons. The van der Waals surface area contributed by atoms with Gasteiger partial charge in [-0.2, -0.15) is 13.2 Å². The van der Waals surface area contributed by atoms with Crippen LogP contribution in [0.4, 0.5) is 13.2 Å². The molecule has 0 aliphatic heterocycles. The summed E-state index contributed by atoms with van der Waals surface area (Å²) in [7, 11) is -3.89. The topological polar surface area (TPSA) is 86.2 Å². The minimum atomic E-state index is -4.68. The van der Waals surface area contributed by atoms with Gasteiger partial charge < -0.3 is 4.42 Å². The van der Waals surface area contributed by atoms with E-state index < -0.39 is 27.7 Å². The molecule has 0 fully saturated rings. The zero-order valence-corrected chi connectivity index (χ0v) is 9.99. The van der Waals surface area contributed by atoms with Crippen molar-refractivity contribution in [1.29, 1.82) is 0 Å². The maximum atomic E-state index is 12.6. The lowest BCUT2D eigenvalue weighted by molar-refractivity contribution is -0.152. The maximum absolute atomic E-state index is 12.6. The van der Waals surface area contributed by atoms with E-state index in [2.05, 4.69) is 9.40 Å². The van der Waals surface area contributed by atoms with Crippen LogP contribution < -0.4 is 5.14 Å². The quantitative estimate of drug-likeness (QED) is 0.917. The van der Waals surface area contributed by atoms with E-state index in [4.69, 9.17) is 5.14 Å². The molecule has 0 spiro atoms. The number of alkyl halides is 3. The van der Waals surface area contributed by atoms with E-state index in [0.717, 1.165) is 12.1 Å². The first kappa shape index (κ1) is 13.6. The van der Waals surface area contributed by atoms with Crippen LogP contribution in [-0.4, -0.2) is 13.4 Å². The molecule has 2 N–H and O–H groups in total. The molecule has 1 aromatic heterocycles.